The van der Waals surface area contributed by atoms with Gasteiger partial charge in [-0.3, -0.25) is 9.78 Å². The number of fused-ring (bicyclic) bond motifs is 4. The maximum Gasteiger partial charge on any atom is 0.339 e. The van der Waals surface area contributed by atoms with E-state index in [0.29, 0.717) is 46.0 Å². The molecule has 8 nitrogen and oxygen atoms in total. The number of pyridine rings is 1. The molecule has 7 rings (SSSR count). The van der Waals surface area contributed by atoms with Gasteiger partial charge in [-0.15, -0.1) is 25.7 Å². The van der Waals surface area contributed by atoms with Crippen molar-refractivity contribution in [3.05, 3.63) is 30.1 Å². The SMILES string of the molecule is C.C#C.C#C.CC(=O)O[C@@H]([C@H]1CCC2C(CC3[C@@H]4CCC5C(C)(C)[C@@H](OC(=O)c6cccnc6)CCC56[C@@H](C)[C@@]46CC[C@]23C)O1)C(C)(C)O.CO. The maximum atomic E-state index is 13.1. The summed E-state index contributed by atoms with van der Waals surface area (Å²) >= 11 is 0. The number of carbonyl (C=O) groups excluding carboxylic acids is 2. The number of hydrogen-bond acceptors (Lipinski definition) is 8. The molecule has 6 aliphatic rings. The average molecular weight is 708 g/mol. The van der Waals surface area contributed by atoms with Crippen molar-refractivity contribution in [1.29, 1.82) is 0 Å². The van der Waals surface area contributed by atoms with Crippen LogP contribution in [0.3, 0.4) is 0 Å². The molecule has 284 valence electrons. The predicted octanol–water partition coefficient (Wildman–Crippen LogP) is 7.51. The third-order valence-corrected chi connectivity index (χ3v) is 14.7. The van der Waals surface area contributed by atoms with Crippen molar-refractivity contribution in [3.63, 3.8) is 0 Å². The summed E-state index contributed by atoms with van der Waals surface area (Å²) in [6, 6.07) is 3.59. The first-order valence-electron chi connectivity index (χ1n) is 18.5. The second-order valence-electron chi connectivity index (χ2n) is 17.0. The van der Waals surface area contributed by atoms with Crippen LogP contribution < -0.4 is 0 Å². The standard InChI is InChI=1S/C37H53NO6.2C2H2.CH4O.CH4/c1-21-36-17-16-35(7)25-10-12-27(31(34(5,6)41)42-22(2)39)43-28(25)19-26(35)24(36)11-13-29-33(3,4)30(14-15-37(21,29)36)44-32(40)23-9-8-18-38-20-23;3*1-2;/h8-9,18,20-21,24-31,41H,10-17,19H2,1-7H3;2*1-2H;2H,1H3;1H4/t21-,24-,25?,26?,27+,28?,29?,30-,31-,35+,36-,37?;;;;/m0..../s1. The number of esters is 2. The number of ether oxygens (including phenoxy) is 3. The molecule has 1 aromatic rings. The Kier molecular flexibility index (Phi) is 13.0. The van der Waals surface area contributed by atoms with E-state index < -0.39 is 11.7 Å². The smallest absolute Gasteiger partial charge is 0.339 e. The molecule has 1 saturated heterocycles. The number of hydrogen-bond donors (Lipinski definition) is 2. The zero-order valence-electron chi connectivity index (χ0n) is 31.6. The van der Waals surface area contributed by atoms with E-state index >= 15 is 0 Å². The molecule has 51 heavy (non-hydrogen) atoms. The molecule has 2 spiro atoms. The Hall–Kier alpha value is -2.91. The lowest BCUT2D eigenvalue weighted by atomic mass is 9.46. The van der Waals surface area contributed by atoms with E-state index in [1.54, 1.807) is 38.4 Å². The number of rotatable bonds is 5. The number of aromatic nitrogens is 1. The van der Waals surface area contributed by atoms with Gasteiger partial charge in [0.2, 0.25) is 0 Å². The second-order valence-corrected chi connectivity index (χ2v) is 17.0. The summed E-state index contributed by atoms with van der Waals surface area (Å²) in [5, 5.41) is 17.9. The number of aliphatic hydroxyl groups excluding tert-OH is 1. The lowest BCUT2D eigenvalue weighted by Gasteiger charge is -2.59. The summed E-state index contributed by atoms with van der Waals surface area (Å²) < 4.78 is 18.8. The highest BCUT2D eigenvalue weighted by molar-refractivity contribution is 5.89. The van der Waals surface area contributed by atoms with Crippen LogP contribution in [0, 0.1) is 76.9 Å². The van der Waals surface area contributed by atoms with Gasteiger partial charge < -0.3 is 24.4 Å². The zero-order chi connectivity index (χ0) is 37.4. The van der Waals surface area contributed by atoms with Crippen LogP contribution in [-0.2, 0) is 19.0 Å². The molecule has 6 fully saturated rings. The molecular weight excluding hydrogens is 642 g/mol. The van der Waals surface area contributed by atoms with Crippen molar-refractivity contribution in [2.75, 3.05) is 7.11 Å². The van der Waals surface area contributed by atoms with Gasteiger partial charge in [0.05, 0.1) is 23.4 Å². The van der Waals surface area contributed by atoms with E-state index in [2.05, 4.69) is 58.4 Å². The number of carbonyl (C=O) groups is 2. The fraction of sp³-hybridized carbons (Fsp3) is 0.744. The van der Waals surface area contributed by atoms with Crippen LogP contribution in [0.1, 0.15) is 124 Å². The zero-order valence-corrected chi connectivity index (χ0v) is 31.6. The molecule has 1 aliphatic heterocycles. The Bertz CT molecular complexity index is 1390. The van der Waals surface area contributed by atoms with Crippen molar-refractivity contribution >= 4 is 11.9 Å². The summed E-state index contributed by atoms with van der Waals surface area (Å²) in [6.45, 7) is 14.7. The van der Waals surface area contributed by atoms with Gasteiger partial charge in [0.1, 0.15) is 6.10 Å². The van der Waals surface area contributed by atoms with Crippen LogP contribution in [0.2, 0.25) is 0 Å². The molecule has 12 atom stereocenters. The Morgan fingerprint density at radius 1 is 0.961 bits per heavy atom. The average Bonchev–Trinajstić information content (AvgIpc) is 3.48. The minimum Gasteiger partial charge on any atom is -0.458 e. The molecule has 0 amide bonds. The van der Waals surface area contributed by atoms with Crippen LogP contribution in [-0.4, -0.2) is 64.3 Å². The summed E-state index contributed by atoms with van der Waals surface area (Å²) in [6.07, 6.45) is 28.5. The number of terminal acetylenes is 2. The quantitative estimate of drug-likeness (QED) is 0.239. The molecule has 1 aromatic heterocycles. The third kappa shape index (κ3) is 6.53. The van der Waals surface area contributed by atoms with E-state index in [1.807, 2.05) is 0 Å². The monoisotopic (exact) mass is 707 g/mol. The molecule has 0 radical (unpaired) electrons. The van der Waals surface area contributed by atoms with Crippen molar-refractivity contribution in [2.24, 2.45) is 51.2 Å². The van der Waals surface area contributed by atoms with E-state index in [0.717, 1.165) is 39.2 Å². The van der Waals surface area contributed by atoms with Crippen LogP contribution in [0.25, 0.3) is 0 Å². The molecule has 2 heterocycles. The van der Waals surface area contributed by atoms with Crippen LogP contribution in [0.5, 0.6) is 0 Å². The van der Waals surface area contributed by atoms with E-state index in [-0.39, 0.29) is 48.5 Å². The Morgan fingerprint density at radius 3 is 2.20 bits per heavy atom. The highest BCUT2D eigenvalue weighted by Crippen LogP contribution is 2.89. The second kappa shape index (κ2) is 15.6. The highest BCUT2D eigenvalue weighted by Gasteiger charge is 2.85. The van der Waals surface area contributed by atoms with Gasteiger partial charge in [0, 0.05) is 31.8 Å². The summed E-state index contributed by atoms with van der Waals surface area (Å²) in [5.74, 6) is 2.46. The van der Waals surface area contributed by atoms with Gasteiger partial charge in [0.25, 0.3) is 0 Å². The van der Waals surface area contributed by atoms with Crippen LogP contribution in [0.15, 0.2) is 24.5 Å². The van der Waals surface area contributed by atoms with E-state index in [4.69, 9.17) is 19.3 Å². The summed E-state index contributed by atoms with van der Waals surface area (Å²) in [5.41, 5.74) is 0.257. The summed E-state index contributed by atoms with van der Waals surface area (Å²) in [7, 11) is 1.00. The van der Waals surface area contributed by atoms with Gasteiger partial charge >= 0.3 is 11.9 Å². The van der Waals surface area contributed by atoms with Gasteiger partial charge in [-0.05, 0) is 130 Å². The topological polar surface area (TPSA) is 115 Å². The fourth-order valence-electron chi connectivity index (χ4n) is 13.0. The molecule has 0 bridgehead atoms. The predicted molar refractivity (Wildman–Crippen MR) is 200 cm³/mol. The fourth-order valence-corrected chi connectivity index (χ4v) is 13.0. The van der Waals surface area contributed by atoms with Gasteiger partial charge in [0.15, 0.2) is 6.10 Å². The summed E-state index contributed by atoms with van der Waals surface area (Å²) in [4.78, 5) is 29.1. The van der Waals surface area contributed by atoms with Crippen LogP contribution >= 0.6 is 0 Å². The Balaban J connectivity index is 0.000000955. The maximum absolute atomic E-state index is 13.1. The number of aliphatic hydroxyl groups is 2. The Morgan fingerprint density at radius 2 is 1.61 bits per heavy atom. The molecule has 5 unspecified atom stereocenters. The van der Waals surface area contributed by atoms with E-state index in [1.165, 1.54) is 32.6 Å². The van der Waals surface area contributed by atoms with Crippen molar-refractivity contribution in [2.45, 2.75) is 144 Å². The largest absolute Gasteiger partial charge is 0.458 e. The first-order valence-corrected chi connectivity index (χ1v) is 18.5. The number of nitrogens with zero attached hydrogens (tertiary/aromatic N) is 1. The molecule has 5 aliphatic carbocycles. The lowest BCUT2D eigenvalue weighted by Crippen LogP contribution is -2.55. The molecule has 0 aromatic carbocycles. The normalized spacial score (nSPS) is 39.7. The Labute approximate surface area is 308 Å². The molecular formula is C43H65NO7. The van der Waals surface area contributed by atoms with Crippen molar-refractivity contribution < 1.29 is 34.0 Å². The highest BCUT2D eigenvalue weighted by atomic mass is 16.6. The van der Waals surface area contributed by atoms with Gasteiger partial charge in [-0.25, -0.2) is 4.79 Å². The van der Waals surface area contributed by atoms with Crippen molar-refractivity contribution in [3.8, 4) is 25.7 Å². The third-order valence-electron chi connectivity index (χ3n) is 14.7. The minimum atomic E-state index is -1.16. The first-order chi connectivity index (χ1) is 23.7. The minimum absolute atomic E-state index is 0. The van der Waals surface area contributed by atoms with Gasteiger partial charge in [-0.2, -0.15) is 0 Å². The lowest BCUT2D eigenvalue weighted by molar-refractivity contribution is -0.200. The van der Waals surface area contributed by atoms with Crippen LogP contribution in [0.4, 0.5) is 0 Å². The van der Waals surface area contributed by atoms with Crippen molar-refractivity contribution in [1.82, 2.24) is 4.98 Å². The molecule has 8 heteroatoms. The van der Waals surface area contributed by atoms with E-state index in [9.17, 15) is 14.7 Å². The molecule has 2 N–H and O–H groups in total. The van der Waals surface area contributed by atoms with Gasteiger partial charge in [-0.1, -0.05) is 35.1 Å². The molecule has 5 saturated carbocycles. The first kappa shape index (κ1) is 42.5.